The van der Waals surface area contributed by atoms with Crippen molar-refractivity contribution in [3.63, 3.8) is 0 Å². The third-order valence-corrected chi connectivity index (χ3v) is 2.61. The first kappa shape index (κ1) is 8.33. The molecule has 0 aliphatic rings. The van der Waals surface area contributed by atoms with Gasteiger partial charge in [0.2, 0.25) is 5.88 Å². The topological polar surface area (TPSA) is 53.1 Å². The first-order valence-corrected chi connectivity index (χ1v) is 4.15. The Morgan fingerprint density at radius 1 is 1.45 bits per heavy atom. The molecule has 1 aromatic heterocycles. The van der Waals surface area contributed by atoms with E-state index in [1.54, 1.807) is 0 Å². The molecule has 0 unspecified atom stereocenters. The maximum Gasteiger partial charge on any atom is 0.307 e. The van der Waals surface area contributed by atoms with Gasteiger partial charge in [-0.2, -0.15) is 0 Å². The second-order valence-electron chi connectivity index (χ2n) is 3.44. The summed E-state index contributed by atoms with van der Waals surface area (Å²) in [6.07, 6.45) is 0. The third-order valence-electron chi connectivity index (χ3n) is 1.31. The number of nitrogens with one attached hydrogen (secondary N) is 1. The van der Waals surface area contributed by atoms with Gasteiger partial charge in [-0.05, 0) is 0 Å². The first-order valence-electron chi connectivity index (χ1n) is 3.34. The average molecular weight is 173 g/mol. The van der Waals surface area contributed by atoms with Crippen molar-refractivity contribution < 1.29 is 5.11 Å². The van der Waals surface area contributed by atoms with Crippen molar-refractivity contribution in [2.24, 2.45) is 0 Å². The molecular formula is C7H11NO2S. The van der Waals surface area contributed by atoms with Gasteiger partial charge >= 0.3 is 4.87 Å². The Morgan fingerprint density at radius 2 is 2.00 bits per heavy atom. The van der Waals surface area contributed by atoms with Crippen LogP contribution in [0.2, 0.25) is 0 Å². The zero-order valence-electron chi connectivity index (χ0n) is 6.76. The van der Waals surface area contributed by atoms with Gasteiger partial charge in [-0.15, -0.1) is 0 Å². The molecule has 0 amide bonds. The van der Waals surface area contributed by atoms with E-state index in [2.05, 4.69) is 4.98 Å². The van der Waals surface area contributed by atoms with Gasteiger partial charge in [0, 0.05) is 5.41 Å². The van der Waals surface area contributed by atoms with Crippen LogP contribution in [0, 0.1) is 0 Å². The normalized spacial score (nSPS) is 11.9. The van der Waals surface area contributed by atoms with Crippen LogP contribution in [-0.4, -0.2) is 10.1 Å². The van der Waals surface area contributed by atoms with Crippen LogP contribution in [0.5, 0.6) is 5.88 Å². The summed E-state index contributed by atoms with van der Waals surface area (Å²) in [6, 6.07) is 0. The molecule has 1 heterocycles. The third kappa shape index (κ3) is 1.63. The lowest BCUT2D eigenvalue weighted by Crippen LogP contribution is -2.08. The van der Waals surface area contributed by atoms with Crippen LogP contribution in [0.15, 0.2) is 4.79 Å². The van der Waals surface area contributed by atoms with Gasteiger partial charge in [0.15, 0.2) is 0 Å². The maximum absolute atomic E-state index is 10.8. The Bertz CT molecular complexity index is 305. The van der Waals surface area contributed by atoms with Gasteiger partial charge in [-0.3, -0.25) is 9.78 Å². The lowest BCUT2D eigenvalue weighted by atomic mass is 9.95. The number of thiazole rings is 1. The summed E-state index contributed by atoms with van der Waals surface area (Å²) < 4.78 is 0. The van der Waals surface area contributed by atoms with E-state index >= 15 is 0 Å². The van der Waals surface area contributed by atoms with Crippen LogP contribution < -0.4 is 4.87 Å². The molecule has 0 aliphatic heterocycles. The molecule has 0 atom stereocenters. The fraction of sp³-hybridized carbons (Fsp3) is 0.571. The molecule has 0 radical (unpaired) electrons. The van der Waals surface area contributed by atoms with Gasteiger partial charge in [-0.25, -0.2) is 0 Å². The van der Waals surface area contributed by atoms with Crippen molar-refractivity contribution >= 4 is 11.3 Å². The Hall–Kier alpha value is -0.770. The van der Waals surface area contributed by atoms with Gasteiger partial charge < -0.3 is 5.11 Å². The van der Waals surface area contributed by atoms with E-state index in [1.807, 2.05) is 20.8 Å². The molecule has 11 heavy (non-hydrogen) atoms. The lowest BCUT2D eigenvalue weighted by Gasteiger charge is -2.14. The zero-order valence-corrected chi connectivity index (χ0v) is 7.58. The minimum absolute atomic E-state index is 0.00694. The molecular weight excluding hydrogens is 162 g/mol. The minimum Gasteiger partial charge on any atom is -0.494 e. The first-order chi connectivity index (χ1) is 4.91. The van der Waals surface area contributed by atoms with Crippen molar-refractivity contribution in [3.05, 3.63) is 14.5 Å². The molecule has 2 N–H and O–H groups in total. The Kier molecular flexibility index (Phi) is 1.80. The van der Waals surface area contributed by atoms with E-state index in [0.29, 0.717) is 4.88 Å². The van der Waals surface area contributed by atoms with Crippen LogP contribution in [0.25, 0.3) is 0 Å². The fourth-order valence-corrected chi connectivity index (χ4v) is 1.62. The molecule has 4 heteroatoms. The number of H-pyrrole nitrogens is 1. The molecule has 0 aromatic carbocycles. The summed E-state index contributed by atoms with van der Waals surface area (Å²) in [7, 11) is 0. The van der Waals surface area contributed by atoms with Crippen molar-refractivity contribution in [1.82, 2.24) is 4.98 Å². The second kappa shape index (κ2) is 2.37. The molecule has 0 saturated carbocycles. The van der Waals surface area contributed by atoms with Crippen LogP contribution in [0.3, 0.4) is 0 Å². The predicted molar refractivity (Wildman–Crippen MR) is 45.3 cm³/mol. The summed E-state index contributed by atoms with van der Waals surface area (Å²) in [4.78, 5) is 13.6. The summed E-state index contributed by atoms with van der Waals surface area (Å²) >= 11 is 1.06. The minimum atomic E-state index is -0.201. The zero-order chi connectivity index (χ0) is 8.65. The SMILES string of the molecule is CC(C)(C)c1sc(=O)[nH]c1O. The number of rotatable bonds is 0. The molecule has 0 saturated heterocycles. The number of aromatic nitrogens is 1. The van der Waals surface area contributed by atoms with E-state index in [9.17, 15) is 9.90 Å². The summed E-state index contributed by atoms with van der Waals surface area (Å²) in [5.74, 6) is 0.00694. The largest absolute Gasteiger partial charge is 0.494 e. The molecule has 1 aromatic rings. The number of hydrogen-bond donors (Lipinski definition) is 2. The van der Waals surface area contributed by atoms with Gasteiger partial charge in [-0.1, -0.05) is 32.1 Å². The van der Waals surface area contributed by atoms with Crippen molar-refractivity contribution in [1.29, 1.82) is 0 Å². The van der Waals surface area contributed by atoms with E-state index in [1.165, 1.54) is 0 Å². The monoisotopic (exact) mass is 173 g/mol. The van der Waals surface area contributed by atoms with Gasteiger partial charge in [0.1, 0.15) is 0 Å². The van der Waals surface area contributed by atoms with Crippen LogP contribution in [0.1, 0.15) is 25.6 Å². The van der Waals surface area contributed by atoms with Crippen LogP contribution >= 0.6 is 11.3 Å². The van der Waals surface area contributed by atoms with E-state index in [4.69, 9.17) is 0 Å². The van der Waals surface area contributed by atoms with Crippen molar-refractivity contribution in [2.75, 3.05) is 0 Å². The van der Waals surface area contributed by atoms with Gasteiger partial charge in [0.05, 0.1) is 4.88 Å². The van der Waals surface area contributed by atoms with Gasteiger partial charge in [0.25, 0.3) is 0 Å². The molecule has 3 nitrogen and oxygen atoms in total. The number of hydrogen-bond acceptors (Lipinski definition) is 3. The van der Waals surface area contributed by atoms with Crippen molar-refractivity contribution in [2.45, 2.75) is 26.2 Å². The van der Waals surface area contributed by atoms with E-state index in [0.717, 1.165) is 11.3 Å². The predicted octanol–water partition coefficient (Wildman–Crippen LogP) is 1.44. The second-order valence-corrected chi connectivity index (χ2v) is 4.43. The quantitative estimate of drug-likeness (QED) is 0.623. The maximum atomic E-state index is 10.8. The Balaban J connectivity index is 3.24. The molecule has 0 aliphatic carbocycles. The van der Waals surface area contributed by atoms with Crippen molar-refractivity contribution in [3.8, 4) is 5.88 Å². The number of aromatic hydroxyl groups is 1. The lowest BCUT2D eigenvalue weighted by molar-refractivity contribution is 0.434. The molecule has 0 fully saturated rings. The van der Waals surface area contributed by atoms with Crippen LogP contribution in [-0.2, 0) is 5.41 Å². The molecule has 62 valence electrons. The highest BCUT2D eigenvalue weighted by atomic mass is 32.1. The van der Waals surface area contributed by atoms with Crippen LogP contribution in [0.4, 0.5) is 0 Å². The molecule has 1 rings (SSSR count). The standard InChI is InChI=1S/C7H11NO2S/c1-7(2,3)4-5(9)8-6(10)11-4/h9H,1-3H3,(H,8,10). The fourth-order valence-electron chi connectivity index (χ4n) is 0.828. The Morgan fingerprint density at radius 3 is 2.18 bits per heavy atom. The molecule has 0 bridgehead atoms. The highest BCUT2D eigenvalue weighted by Crippen LogP contribution is 2.30. The highest BCUT2D eigenvalue weighted by molar-refractivity contribution is 7.09. The van der Waals surface area contributed by atoms with E-state index < -0.39 is 0 Å². The summed E-state index contributed by atoms with van der Waals surface area (Å²) in [5.41, 5.74) is -0.159. The average Bonchev–Trinajstić information content (AvgIpc) is 2.08. The highest BCUT2D eigenvalue weighted by Gasteiger charge is 2.21. The summed E-state index contributed by atoms with van der Waals surface area (Å²) in [6.45, 7) is 5.85. The summed E-state index contributed by atoms with van der Waals surface area (Å²) in [5, 5.41) is 9.22. The number of aromatic amines is 1. The van der Waals surface area contributed by atoms with E-state index in [-0.39, 0.29) is 16.2 Å². The smallest absolute Gasteiger partial charge is 0.307 e. The Labute approximate surface area is 68.7 Å². The molecule has 0 spiro atoms.